The van der Waals surface area contributed by atoms with Crippen LogP contribution in [-0.4, -0.2) is 15.0 Å². The van der Waals surface area contributed by atoms with Gasteiger partial charge in [0.1, 0.15) is 11.5 Å². The van der Waals surface area contributed by atoms with Gasteiger partial charge in [0.25, 0.3) is 5.91 Å². The van der Waals surface area contributed by atoms with Gasteiger partial charge in [-0.15, -0.1) is 0 Å². The molecule has 3 rings (SSSR count). The highest BCUT2D eigenvalue weighted by molar-refractivity contribution is 6.06. The van der Waals surface area contributed by atoms with Crippen LogP contribution in [0.5, 0.6) is 0 Å². The zero-order valence-corrected chi connectivity index (χ0v) is 13.9. The van der Waals surface area contributed by atoms with Crippen molar-refractivity contribution in [2.75, 3.05) is 5.32 Å². The molecule has 0 aliphatic heterocycles. The van der Waals surface area contributed by atoms with Crippen molar-refractivity contribution in [3.63, 3.8) is 0 Å². The summed E-state index contributed by atoms with van der Waals surface area (Å²) >= 11 is 0. The van der Waals surface area contributed by atoms with Crippen molar-refractivity contribution in [3.05, 3.63) is 51.3 Å². The van der Waals surface area contributed by atoms with Crippen LogP contribution < -0.4 is 11.0 Å². The first-order valence-corrected chi connectivity index (χ1v) is 7.34. The number of nitrogens with one attached hydrogen (secondary N) is 1. The molecule has 0 saturated carbocycles. The van der Waals surface area contributed by atoms with Gasteiger partial charge in [0, 0.05) is 25.3 Å². The van der Waals surface area contributed by atoms with Gasteiger partial charge in [-0.05, 0) is 39.0 Å². The second-order valence-electron chi connectivity index (χ2n) is 5.77. The summed E-state index contributed by atoms with van der Waals surface area (Å²) in [6.07, 6.45) is 0. The molecule has 0 aliphatic carbocycles. The standard InChI is InChI=1S/C17H19N3O3/c1-9-10(2)23-11(3)15(9)16(21)18-12-6-7-13-14(8-12)20(5)17(22)19(13)4/h6-8H,1-5H3,(H,18,21). The van der Waals surface area contributed by atoms with E-state index in [0.717, 1.165) is 22.4 Å². The lowest BCUT2D eigenvalue weighted by Gasteiger charge is -2.06. The third-order valence-electron chi connectivity index (χ3n) is 4.32. The van der Waals surface area contributed by atoms with Gasteiger partial charge in [0.15, 0.2) is 0 Å². The van der Waals surface area contributed by atoms with Crippen LogP contribution in [0.1, 0.15) is 27.4 Å². The molecule has 6 heteroatoms. The summed E-state index contributed by atoms with van der Waals surface area (Å²) in [6.45, 7) is 5.48. The Labute approximate surface area is 133 Å². The van der Waals surface area contributed by atoms with Crippen molar-refractivity contribution < 1.29 is 9.21 Å². The Morgan fingerprint density at radius 2 is 1.70 bits per heavy atom. The Kier molecular flexibility index (Phi) is 3.39. The Bertz CT molecular complexity index is 989. The van der Waals surface area contributed by atoms with E-state index in [2.05, 4.69) is 5.32 Å². The number of aromatic nitrogens is 2. The second kappa shape index (κ2) is 5.15. The zero-order chi connectivity index (χ0) is 16.9. The molecule has 23 heavy (non-hydrogen) atoms. The molecule has 0 bridgehead atoms. The highest BCUT2D eigenvalue weighted by atomic mass is 16.3. The van der Waals surface area contributed by atoms with Crippen LogP contribution in [0.2, 0.25) is 0 Å². The number of benzene rings is 1. The fourth-order valence-corrected chi connectivity index (χ4v) is 2.91. The van der Waals surface area contributed by atoms with Gasteiger partial charge in [-0.2, -0.15) is 0 Å². The minimum atomic E-state index is -0.211. The molecule has 0 radical (unpaired) electrons. The topological polar surface area (TPSA) is 69.2 Å². The van der Waals surface area contributed by atoms with E-state index in [1.165, 1.54) is 0 Å². The van der Waals surface area contributed by atoms with Crippen molar-refractivity contribution in [3.8, 4) is 0 Å². The lowest BCUT2D eigenvalue weighted by Crippen LogP contribution is -2.19. The average molecular weight is 313 g/mol. The van der Waals surface area contributed by atoms with Crippen LogP contribution in [0.15, 0.2) is 27.4 Å². The minimum absolute atomic E-state index is 0.0966. The second-order valence-corrected chi connectivity index (χ2v) is 5.77. The molecule has 0 atom stereocenters. The lowest BCUT2D eigenvalue weighted by molar-refractivity contribution is 0.102. The summed E-state index contributed by atoms with van der Waals surface area (Å²) in [6, 6.07) is 5.41. The van der Waals surface area contributed by atoms with E-state index in [1.807, 2.05) is 19.9 Å². The Morgan fingerprint density at radius 1 is 1.04 bits per heavy atom. The van der Waals surface area contributed by atoms with Crippen molar-refractivity contribution in [1.82, 2.24) is 9.13 Å². The van der Waals surface area contributed by atoms with Crippen LogP contribution in [0.3, 0.4) is 0 Å². The first kappa shape index (κ1) is 15.1. The number of anilines is 1. The maximum absolute atomic E-state index is 12.5. The molecule has 1 N–H and O–H groups in total. The number of hydrogen-bond acceptors (Lipinski definition) is 3. The van der Waals surface area contributed by atoms with Crippen LogP contribution in [0, 0.1) is 20.8 Å². The monoisotopic (exact) mass is 313 g/mol. The average Bonchev–Trinajstić information content (AvgIpc) is 2.88. The number of imidazole rings is 1. The van der Waals surface area contributed by atoms with Crippen LogP contribution in [0.4, 0.5) is 5.69 Å². The number of nitrogens with zero attached hydrogens (tertiary/aromatic N) is 2. The molecule has 0 aliphatic rings. The molecule has 0 unspecified atom stereocenters. The number of rotatable bonds is 2. The maximum atomic E-state index is 12.5. The number of amides is 1. The number of aryl methyl sites for hydroxylation is 4. The fraction of sp³-hybridized carbons (Fsp3) is 0.294. The van der Waals surface area contributed by atoms with Gasteiger partial charge in [-0.1, -0.05) is 0 Å². The van der Waals surface area contributed by atoms with E-state index in [0.29, 0.717) is 17.0 Å². The Hall–Kier alpha value is -2.76. The summed E-state index contributed by atoms with van der Waals surface area (Å²) in [5.41, 5.74) is 3.54. The summed E-state index contributed by atoms with van der Waals surface area (Å²) in [5.74, 6) is 1.14. The highest BCUT2D eigenvalue weighted by Crippen LogP contribution is 2.23. The summed E-state index contributed by atoms with van der Waals surface area (Å²) in [4.78, 5) is 24.5. The Morgan fingerprint density at radius 3 is 2.30 bits per heavy atom. The molecule has 2 aromatic heterocycles. The van der Waals surface area contributed by atoms with E-state index in [9.17, 15) is 9.59 Å². The molecule has 0 saturated heterocycles. The number of hydrogen-bond donors (Lipinski definition) is 1. The maximum Gasteiger partial charge on any atom is 0.328 e. The highest BCUT2D eigenvalue weighted by Gasteiger charge is 2.19. The van der Waals surface area contributed by atoms with Crippen LogP contribution in [-0.2, 0) is 14.1 Å². The van der Waals surface area contributed by atoms with Gasteiger partial charge in [0.2, 0.25) is 0 Å². The normalized spacial score (nSPS) is 11.2. The number of fused-ring (bicyclic) bond motifs is 1. The molecule has 6 nitrogen and oxygen atoms in total. The predicted molar refractivity (Wildman–Crippen MR) is 89.0 cm³/mol. The fourth-order valence-electron chi connectivity index (χ4n) is 2.91. The first-order chi connectivity index (χ1) is 10.8. The largest absolute Gasteiger partial charge is 0.466 e. The van der Waals surface area contributed by atoms with Crippen molar-refractivity contribution in [2.45, 2.75) is 20.8 Å². The first-order valence-electron chi connectivity index (χ1n) is 7.34. The third-order valence-corrected chi connectivity index (χ3v) is 4.32. The van der Waals surface area contributed by atoms with Gasteiger partial charge >= 0.3 is 5.69 Å². The van der Waals surface area contributed by atoms with E-state index < -0.39 is 0 Å². The van der Waals surface area contributed by atoms with Crippen LogP contribution in [0.25, 0.3) is 11.0 Å². The molecule has 2 heterocycles. The van der Waals surface area contributed by atoms with Crippen molar-refractivity contribution in [2.24, 2.45) is 14.1 Å². The SMILES string of the molecule is Cc1oc(C)c(C(=O)Nc2ccc3c(c2)n(C)c(=O)n3C)c1C. The quantitative estimate of drug-likeness (QED) is 0.791. The van der Waals surface area contributed by atoms with E-state index in [1.54, 1.807) is 42.3 Å². The van der Waals surface area contributed by atoms with E-state index >= 15 is 0 Å². The number of furan rings is 1. The van der Waals surface area contributed by atoms with Gasteiger partial charge in [-0.25, -0.2) is 4.79 Å². The molecule has 120 valence electrons. The molecular formula is C17H19N3O3. The van der Waals surface area contributed by atoms with Crippen molar-refractivity contribution >= 4 is 22.6 Å². The minimum Gasteiger partial charge on any atom is -0.466 e. The Balaban J connectivity index is 2.00. The third kappa shape index (κ3) is 2.27. The zero-order valence-electron chi connectivity index (χ0n) is 13.9. The van der Waals surface area contributed by atoms with E-state index in [4.69, 9.17) is 4.42 Å². The summed E-state index contributed by atoms with van der Waals surface area (Å²) in [7, 11) is 3.44. The lowest BCUT2D eigenvalue weighted by atomic mass is 10.1. The van der Waals surface area contributed by atoms with Crippen molar-refractivity contribution in [1.29, 1.82) is 0 Å². The predicted octanol–water partition coefficient (Wildman–Crippen LogP) is 2.65. The summed E-state index contributed by atoms with van der Waals surface area (Å²) < 4.78 is 8.64. The molecule has 1 aromatic carbocycles. The number of carbonyl (C=O) groups is 1. The molecule has 0 spiro atoms. The number of carbonyl (C=O) groups excluding carboxylic acids is 1. The molecule has 1 amide bonds. The molecule has 0 fully saturated rings. The smallest absolute Gasteiger partial charge is 0.328 e. The summed E-state index contributed by atoms with van der Waals surface area (Å²) in [5, 5.41) is 2.88. The van der Waals surface area contributed by atoms with Gasteiger partial charge in [-0.3, -0.25) is 13.9 Å². The van der Waals surface area contributed by atoms with Crippen LogP contribution >= 0.6 is 0 Å². The van der Waals surface area contributed by atoms with Gasteiger partial charge in [0.05, 0.1) is 16.6 Å². The molecule has 3 aromatic rings. The van der Waals surface area contributed by atoms with E-state index in [-0.39, 0.29) is 11.6 Å². The van der Waals surface area contributed by atoms with Gasteiger partial charge < -0.3 is 9.73 Å². The molecular weight excluding hydrogens is 294 g/mol.